The molecule has 3 N–H and O–H groups in total. The molecule has 0 bridgehead atoms. The van der Waals surface area contributed by atoms with Gasteiger partial charge < -0.3 is 15.6 Å². The standard InChI is InChI=1S/C14H28N2O3S/c1-4-19-12(3)7-8-16-13(15)6-5-9-20-10-11(2)14(17)18/h11-12H,4-10H2,1-3H3,(H2,15,16)(H,17,18). The monoisotopic (exact) mass is 304 g/mol. The Hall–Kier alpha value is -0.750. The van der Waals surface area contributed by atoms with E-state index in [1.54, 1.807) is 18.7 Å². The highest BCUT2D eigenvalue weighted by Crippen LogP contribution is 2.10. The van der Waals surface area contributed by atoms with Crippen molar-refractivity contribution in [3.63, 3.8) is 0 Å². The summed E-state index contributed by atoms with van der Waals surface area (Å²) >= 11 is 1.66. The average molecular weight is 304 g/mol. The molecule has 0 radical (unpaired) electrons. The van der Waals surface area contributed by atoms with Gasteiger partial charge in [0, 0.05) is 25.3 Å². The molecule has 0 saturated heterocycles. The highest BCUT2D eigenvalue weighted by molar-refractivity contribution is 7.99. The van der Waals surface area contributed by atoms with Gasteiger partial charge in [0.2, 0.25) is 0 Å². The third-order valence-electron chi connectivity index (χ3n) is 2.81. The first-order chi connectivity index (χ1) is 9.47. The largest absolute Gasteiger partial charge is 0.481 e. The van der Waals surface area contributed by atoms with Gasteiger partial charge in [0.1, 0.15) is 0 Å². The Labute approximate surface area is 126 Å². The lowest BCUT2D eigenvalue weighted by atomic mass is 10.2. The summed E-state index contributed by atoms with van der Waals surface area (Å²) in [6.07, 6.45) is 2.83. The highest BCUT2D eigenvalue weighted by Gasteiger charge is 2.09. The summed E-state index contributed by atoms with van der Waals surface area (Å²) in [6, 6.07) is 0. The Balaban J connectivity index is 3.57. The van der Waals surface area contributed by atoms with E-state index in [9.17, 15) is 4.79 Å². The van der Waals surface area contributed by atoms with Crippen LogP contribution < -0.4 is 5.73 Å². The second kappa shape index (κ2) is 12.0. The normalized spacial score (nSPS) is 15.1. The van der Waals surface area contributed by atoms with Gasteiger partial charge in [-0.15, -0.1) is 0 Å². The molecular weight excluding hydrogens is 276 g/mol. The van der Waals surface area contributed by atoms with Gasteiger partial charge in [-0.1, -0.05) is 6.92 Å². The van der Waals surface area contributed by atoms with Crippen LogP contribution in [0.5, 0.6) is 0 Å². The number of aliphatic imine (C=N–C) groups is 1. The Bertz CT molecular complexity index is 298. The van der Waals surface area contributed by atoms with Crippen molar-refractivity contribution in [2.24, 2.45) is 16.6 Å². The maximum Gasteiger partial charge on any atom is 0.307 e. The number of ether oxygens (including phenoxy) is 1. The SMILES string of the molecule is CCOC(C)CCN=C(N)CCCSCC(C)C(=O)O. The van der Waals surface area contributed by atoms with Crippen LogP contribution in [-0.2, 0) is 9.53 Å². The van der Waals surface area contributed by atoms with E-state index in [1.807, 2.05) is 13.8 Å². The zero-order valence-electron chi connectivity index (χ0n) is 12.8. The molecule has 118 valence electrons. The molecule has 0 aliphatic carbocycles. The first kappa shape index (κ1) is 19.2. The van der Waals surface area contributed by atoms with Crippen molar-refractivity contribution >= 4 is 23.6 Å². The number of amidine groups is 1. The van der Waals surface area contributed by atoms with Crippen molar-refractivity contribution in [1.29, 1.82) is 0 Å². The lowest BCUT2D eigenvalue weighted by Crippen LogP contribution is -2.15. The number of aliphatic carboxylic acids is 1. The van der Waals surface area contributed by atoms with Crippen molar-refractivity contribution in [3.05, 3.63) is 0 Å². The second-order valence-corrected chi connectivity index (χ2v) is 6.00. The number of nitrogens with zero attached hydrogens (tertiary/aromatic N) is 1. The summed E-state index contributed by atoms with van der Waals surface area (Å²) in [4.78, 5) is 14.9. The molecule has 0 aliphatic heterocycles. The third-order valence-corrected chi connectivity index (χ3v) is 4.13. The molecule has 0 fully saturated rings. The molecule has 0 aliphatic rings. The third kappa shape index (κ3) is 11.1. The average Bonchev–Trinajstić information content (AvgIpc) is 2.38. The lowest BCUT2D eigenvalue weighted by Gasteiger charge is -2.09. The molecule has 0 saturated carbocycles. The Morgan fingerprint density at radius 1 is 1.45 bits per heavy atom. The Morgan fingerprint density at radius 3 is 2.75 bits per heavy atom. The van der Waals surface area contributed by atoms with Crippen molar-refractivity contribution in [2.75, 3.05) is 24.7 Å². The molecule has 0 rings (SSSR count). The number of nitrogens with two attached hydrogens (primary N) is 1. The molecule has 20 heavy (non-hydrogen) atoms. The van der Waals surface area contributed by atoms with Crippen LogP contribution in [0.1, 0.15) is 40.0 Å². The van der Waals surface area contributed by atoms with Crippen LogP contribution in [0.2, 0.25) is 0 Å². The summed E-state index contributed by atoms with van der Waals surface area (Å²) in [7, 11) is 0. The molecule has 5 nitrogen and oxygen atoms in total. The summed E-state index contributed by atoms with van der Waals surface area (Å²) in [5, 5.41) is 8.74. The minimum atomic E-state index is -0.734. The summed E-state index contributed by atoms with van der Waals surface area (Å²) < 4.78 is 5.42. The molecule has 0 heterocycles. The first-order valence-electron chi connectivity index (χ1n) is 7.18. The number of carboxylic acid groups (broad SMARTS) is 1. The van der Waals surface area contributed by atoms with Crippen LogP contribution in [0, 0.1) is 5.92 Å². The van der Waals surface area contributed by atoms with E-state index in [0.29, 0.717) is 18.1 Å². The smallest absolute Gasteiger partial charge is 0.307 e. The van der Waals surface area contributed by atoms with Crippen molar-refractivity contribution < 1.29 is 14.6 Å². The molecule has 0 aromatic carbocycles. The molecule has 2 unspecified atom stereocenters. The van der Waals surface area contributed by atoms with Crippen LogP contribution in [0.4, 0.5) is 0 Å². The summed E-state index contributed by atoms with van der Waals surface area (Å²) in [5.74, 6) is 1.23. The van der Waals surface area contributed by atoms with Gasteiger partial charge in [-0.05, 0) is 32.4 Å². The minimum absolute atomic E-state index is 0.226. The quantitative estimate of drug-likeness (QED) is 0.328. The number of carboxylic acids is 1. The second-order valence-electron chi connectivity index (χ2n) is 4.85. The zero-order chi connectivity index (χ0) is 15.4. The van der Waals surface area contributed by atoms with Gasteiger partial charge in [-0.3, -0.25) is 9.79 Å². The fourth-order valence-corrected chi connectivity index (χ4v) is 2.53. The van der Waals surface area contributed by atoms with Crippen LogP contribution >= 0.6 is 11.8 Å². The first-order valence-corrected chi connectivity index (χ1v) is 8.33. The zero-order valence-corrected chi connectivity index (χ0v) is 13.6. The van der Waals surface area contributed by atoms with E-state index in [-0.39, 0.29) is 12.0 Å². The minimum Gasteiger partial charge on any atom is -0.481 e. The van der Waals surface area contributed by atoms with Gasteiger partial charge in [0.25, 0.3) is 0 Å². The van der Waals surface area contributed by atoms with E-state index in [4.69, 9.17) is 15.6 Å². The fourth-order valence-electron chi connectivity index (χ4n) is 1.52. The molecule has 6 heteroatoms. The number of carbonyl (C=O) groups is 1. The van der Waals surface area contributed by atoms with Crippen LogP contribution in [-0.4, -0.2) is 47.7 Å². The predicted molar refractivity (Wildman–Crippen MR) is 85.6 cm³/mol. The van der Waals surface area contributed by atoms with Crippen LogP contribution in [0.3, 0.4) is 0 Å². The molecule has 2 atom stereocenters. The van der Waals surface area contributed by atoms with Gasteiger partial charge in [-0.25, -0.2) is 0 Å². The fraction of sp³-hybridized carbons (Fsp3) is 0.857. The van der Waals surface area contributed by atoms with Gasteiger partial charge in [0.05, 0.1) is 17.9 Å². The molecule has 0 aromatic heterocycles. The van der Waals surface area contributed by atoms with E-state index in [0.717, 1.165) is 31.6 Å². The van der Waals surface area contributed by atoms with E-state index < -0.39 is 5.97 Å². The molecule has 0 amide bonds. The topological polar surface area (TPSA) is 84.9 Å². The van der Waals surface area contributed by atoms with Crippen molar-refractivity contribution in [2.45, 2.75) is 46.1 Å². The van der Waals surface area contributed by atoms with Crippen molar-refractivity contribution in [1.82, 2.24) is 0 Å². The lowest BCUT2D eigenvalue weighted by molar-refractivity contribution is -0.140. The van der Waals surface area contributed by atoms with Crippen LogP contribution in [0.15, 0.2) is 4.99 Å². The molecule has 0 aromatic rings. The summed E-state index contributed by atoms with van der Waals surface area (Å²) in [5.41, 5.74) is 5.83. The van der Waals surface area contributed by atoms with E-state index >= 15 is 0 Å². The van der Waals surface area contributed by atoms with Gasteiger partial charge in [-0.2, -0.15) is 11.8 Å². The van der Waals surface area contributed by atoms with Gasteiger partial charge in [0.15, 0.2) is 0 Å². The van der Waals surface area contributed by atoms with E-state index in [2.05, 4.69) is 4.99 Å². The maximum atomic E-state index is 10.6. The Morgan fingerprint density at radius 2 is 2.15 bits per heavy atom. The van der Waals surface area contributed by atoms with Gasteiger partial charge >= 0.3 is 5.97 Å². The van der Waals surface area contributed by atoms with Crippen molar-refractivity contribution in [3.8, 4) is 0 Å². The molecule has 0 spiro atoms. The number of hydrogen-bond donors (Lipinski definition) is 2. The maximum absolute atomic E-state index is 10.6. The summed E-state index contributed by atoms with van der Waals surface area (Å²) in [6.45, 7) is 7.18. The van der Waals surface area contributed by atoms with E-state index in [1.165, 1.54) is 0 Å². The number of thioether (sulfide) groups is 1. The predicted octanol–water partition coefficient (Wildman–Crippen LogP) is 2.39. The molecular formula is C14H28N2O3S. The Kier molecular flexibility index (Phi) is 11.6. The van der Waals surface area contributed by atoms with Crippen LogP contribution in [0.25, 0.3) is 0 Å². The highest BCUT2D eigenvalue weighted by atomic mass is 32.2. The number of hydrogen-bond acceptors (Lipinski definition) is 4. The number of rotatable bonds is 12.